The van der Waals surface area contributed by atoms with Crippen molar-refractivity contribution in [3.8, 4) is 0 Å². The van der Waals surface area contributed by atoms with Crippen molar-refractivity contribution in [2.45, 2.75) is 13.1 Å². The van der Waals surface area contributed by atoms with E-state index in [2.05, 4.69) is 5.32 Å². The Hall–Kier alpha value is -0.803. The molecule has 1 aromatic carbocycles. The van der Waals surface area contributed by atoms with E-state index in [1.165, 1.54) is 0 Å². The number of hydrogen-bond donors (Lipinski definition) is 1. The summed E-state index contributed by atoms with van der Waals surface area (Å²) < 4.78 is 0. The van der Waals surface area contributed by atoms with Crippen molar-refractivity contribution in [2.75, 3.05) is 6.17 Å². The number of carbonyl (C=O) groups is 1. The van der Waals surface area contributed by atoms with E-state index in [0.717, 1.165) is 0 Å². The molecule has 0 radical (unpaired) electrons. The highest BCUT2D eigenvalue weighted by Crippen LogP contribution is 2.05. The maximum absolute atomic E-state index is 11.5. The van der Waals surface area contributed by atoms with Gasteiger partial charge in [0.15, 0.2) is 7.38 Å². The predicted octanol–water partition coefficient (Wildman–Crippen LogP) is 2.40. The third-order valence-corrected chi connectivity index (χ3v) is 3.12. The number of nitrogens with one attached hydrogen (secondary N) is 1. The molecule has 0 saturated heterocycles. The minimum Gasteiger partial charge on any atom is -0.354 e. The zero-order chi connectivity index (χ0) is 10.6. The van der Waals surface area contributed by atoms with Gasteiger partial charge in [-0.05, 0) is 12.1 Å². The van der Waals surface area contributed by atoms with Crippen LogP contribution >= 0.6 is 11.1 Å². The summed E-state index contributed by atoms with van der Waals surface area (Å²) in [5.41, 5.74) is 0.683. The van der Waals surface area contributed by atoms with Crippen molar-refractivity contribution in [1.29, 1.82) is 0 Å². The van der Waals surface area contributed by atoms with E-state index in [1.54, 1.807) is 12.1 Å². The van der Waals surface area contributed by atoms with Gasteiger partial charge in [0.05, 0.1) is 0 Å². The topological polar surface area (TPSA) is 29.1 Å². The second-order valence-corrected chi connectivity index (χ2v) is 10.6. The number of benzene rings is 1. The molecule has 0 bridgehead atoms. The minimum absolute atomic E-state index is 0.0492. The fourth-order valence-electron chi connectivity index (χ4n) is 0.982. The van der Waals surface area contributed by atoms with E-state index < -0.39 is 7.38 Å². The second kappa shape index (κ2) is 4.62. The maximum atomic E-state index is 11.5. The standard InChI is InChI=1S/C10H14ClNOSi/c1-14(2,11)8-12-10(13)9-6-4-3-5-7-9/h3-7H,8H2,1-2H3,(H,12,13). The van der Waals surface area contributed by atoms with Crippen LogP contribution in [0.5, 0.6) is 0 Å². The van der Waals surface area contributed by atoms with Gasteiger partial charge in [-0.2, -0.15) is 11.1 Å². The summed E-state index contributed by atoms with van der Waals surface area (Å²) in [7, 11) is -1.71. The number of amides is 1. The number of hydrogen-bond acceptors (Lipinski definition) is 1. The van der Waals surface area contributed by atoms with Gasteiger partial charge in [-0.15, -0.1) is 0 Å². The zero-order valence-electron chi connectivity index (χ0n) is 8.38. The molecule has 0 aliphatic carbocycles. The summed E-state index contributed by atoms with van der Waals surface area (Å²) >= 11 is 6.09. The van der Waals surface area contributed by atoms with Crippen LogP contribution in [0.4, 0.5) is 0 Å². The van der Waals surface area contributed by atoms with Crippen LogP contribution in [-0.4, -0.2) is 19.5 Å². The lowest BCUT2D eigenvalue weighted by Gasteiger charge is -2.13. The van der Waals surface area contributed by atoms with Gasteiger partial charge < -0.3 is 5.32 Å². The fraction of sp³-hybridized carbons (Fsp3) is 0.300. The summed E-state index contributed by atoms with van der Waals surface area (Å²) in [6.07, 6.45) is 0.599. The molecule has 0 aliphatic heterocycles. The van der Waals surface area contributed by atoms with E-state index >= 15 is 0 Å². The van der Waals surface area contributed by atoms with Crippen LogP contribution in [0.2, 0.25) is 13.1 Å². The lowest BCUT2D eigenvalue weighted by atomic mass is 10.2. The largest absolute Gasteiger partial charge is 0.354 e. The van der Waals surface area contributed by atoms with Gasteiger partial charge in [0.2, 0.25) is 0 Å². The average Bonchev–Trinajstić information content (AvgIpc) is 2.14. The molecular weight excluding hydrogens is 214 g/mol. The molecule has 0 saturated carbocycles. The van der Waals surface area contributed by atoms with E-state index in [-0.39, 0.29) is 5.91 Å². The van der Waals surface area contributed by atoms with Crippen molar-refractivity contribution < 1.29 is 4.79 Å². The third kappa shape index (κ3) is 3.94. The molecule has 0 aromatic heterocycles. The Morgan fingerprint density at radius 1 is 1.36 bits per heavy atom. The van der Waals surface area contributed by atoms with Gasteiger partial charge in [0.1, 0.15) is 0 Å². The molecule has 1 aromatic rings. The Bertz CT molecular complexity index is 308. The number of carbonyl (C=O) groups excluding carboxylic acids is 1. The zero-order valence-corrected chi connectivity index (χ0v) is 10.1. The van der Waals surface area contributed by atoms with Crippen LogP contribution in [0, 0.1) is 0 Å². The van der Waals surface area contributed by atoms with Gasteiger partial charge in [-0.1, -0.05) is 31.3 Å². The molecule has 0 unspecified atom stereocenters. The molecule has 0 aliphatic rings. The minimum atomic E-state index is -1.71. The van der Waals surface area contributed by atoms with Crippen molar-refractivity contribution >= 4 is 24.4 Å². The third-order valence-electron chi connectivity index (χ3n) is 1.71. The fourth-order valence-corrected chi connectivity index (χ4v) is 1.76. The highest BCUT2D eigenvalue weighted by Gasteiger charge is 2.18. The summed E-state index contributed by atoms with van der Waals surface area (Å²) in [6, 6.07) is 9.16. The molecule has 1 amide bonds. The first-order valence-electron chi connectivity index (χ1n) is 4.51. The van der Waals surface area contributed by atoms with E-state index in [4.69, 9.17) is 11.1 Å². The second-order valence-electron chi connectivity index (χ2n) is 3.77. The van der Waals surface area contributed by atoms with Gasteiger partial charge in [-0.25, -0.2) is 0 Å². The molecule has 1 N–H and O–H groups in total. The van der Waals surface area contributed by atoms with Gasteiger partial charge in [0.25, 0.3) is 5.91 Å². The van der Waals surface area contributed by atoms with Gasteiger partial charge in [0, 0.05) is 11.7 Å². The molecule has 0 spiro atoms. The Morgan fingerprint density at radius 3 is 2.43 bits per heavy atom. The molecule has 1 rings (SSSR count). The van der Waals surface area contributed by atoms with Crippen LogP contribution in [0.15, 0.2) is 30.3 Å². The van der Waals surface area contributed by atoms with E-state index in [9.17, 15) is 4.79 Å². The normalized spacial score (nSPS) is 11.1. The quantitative estimate of drug-likeness (QED) is 0.624. The molecule has 0 fully saturated rings. The lowest BCUT2D eigenvalue weighted by Crippen LogP contribution is -2.38. The summed E-state index contributed by atoms with van der Waals surface area (Å²) in [5, 5.41) is 2.83. The molecule has 2 nitrogen and oxygen atoms in total. The average molecular weight is 228 g/mol. The molecule has 76 valence electrons. The molecule has 14 heavy (non-hydrogen) atoms. The van der Waals surface area contributed by atoms with Crippen LogP contribution < -0.4 is 5.32 Å². The smallest absolute Gasteiger partial charge is 0.251 e. The first-order valence-corrected chi connectivity index (χ1v) is 8.73. The predicted molar refractivity (Wildman–Crippen MR) is 62.1 cm³/mol. The van der Waals surface area contributed by atoms with Crippen molar-refractivity contribution in [1.82, 2.24) is 5.32 Å². The van der Waals surface area contributed by atoms with E-state index in [0.29, 0.717) is 11.7 Å². The van der Waals surface area contributed by atoms with Crippen LogP contribution in [0.1, 0.15) is 10.4 Å². The molecule has 4 heteroatoms. The van der Waals surface area contributed by atoms with Crippen LogP contribution in [-0.2, 0) is 0 Å². The van der Waals surface area contributed by atoms with Crippen molar-refractivity contribution in [2.24, 2.45) is 0 Å². The maximum Gasteiger partial charge on any atom is 0.251 e. The highest BCUT2D eigenvalue weighted by atomic mass is 35.6. The molecule has 0 atom stereocenters. The first-order chi connectivity index (χ1) is 6.49. The van der Waals surface area contributed by atoms with Crippen molar-refractivity contribution in [3.05, 3.63) is 35.9 Å². The Morgan fingerprint density at radius 2 is 1.93 bits per heavy atom. The number of rotatable bonds is 3. The van der Waals surface area contributed by atoms with Crippen molar-refractivity contribution in [3.63, 3.8) is 0 Å². The SMILES string of the molecule is C[Si](C)(Cl)CNC(=O)c1ccccc1. The Kier molecular flexibility index (Phi) is 3.72. The summed E-state index contributed by atoms with van der Waals surface area (Å²) in [4.78, 5) is 11.5. The Balaban J connectivity index is 2.52. The van der Waals surface area contributed by atoms with E-state index in [1.807, 2.05) is 31.3 Å². The Labute approximate surface area is 90.0 Å². The summed E-state index contributed by atoms with van der Waals surface area (Å²) in [5.74, 6) is -0.0492. The molecular formula is C10H14ClNOSi. The first kappa shape index (κ1) is 11.3. The van der Waals surface area contributed by atoms with Gasteiger partial charge in [-0.3, -0.25) is 4.79 Å². The number of halogens is 1. The van der Waals surface area contributed by atoms with Crippen LogP contribution in [0.25, 0.3) is 0 Å². The molecule has 0 heterocycles. The highest BCUT2D eigenvalue weighted by molar-refractivity contribution is 7.19. The van der Waals surface area contributed by atoms with Crippen LogP contribution in [0.3, 0.4) is 0 Å². The summed E-state index contributed by atoms with van der Waals surface area (Å²) in [6.45, 7) is 4.00. The lowest BCUT2D eigenvalue weighted by molar-refractivity contribution is 0.0959. The van der Waals surface area contributed by atoms with Gasteiger partial charge >= 0.3 is 0 Å². The monoisotopic (exact) mass is 227 g/mol.